The molecule has 5 nitrogen and oxygen atoms in total. The minimum absolute atomic E-state index is 0.0299. The Hall–Kier alpha value is -2.69. The first-order valence-corrected chi connectivity index (χ1v) is 8.44. The molecule has 0 bridgehead atoms. The molecule has 2 N–H and O–H groups in total. The Kier molecular flexibility index (Phi) is 3.76. The number of amides is 1. The minimum atomic E-state index is -0.0925. The van der Waals surface area contributed by atoms with Crippen molar-refractivity contribution in [3.8, 4) is 0 Å². The zero-order valence-corrected chi connectivity index (χ0v) is 13.7. The molecule has 0 unspecified atom stereocenters. The lowest BCUT2D eigenvalue weighted by molar-refractivity contribution is 0.0940. The van der Waals surface area contributed by atoms with E-state index in [1.165, 1.54) is 30.4 Å². The molecule has 0 aliphatic heterocycles. The van der Waals surface area contributed by atoms with Crippen LogP contribution in [0.4, 0.5) is 0 Å². The van der Waals surface area contributed by atoms with Crippen molar-refractivity contribution >= 4 is 16.9 Å². The molecule has 3 aromatic rings. The maximum Gasteiger partial charge on any atom is 0.251 e. The molecular formula is C19H20N4O. The molecule has 1 aliphatic carbocycles. The van der Waals surface area contributed by atoms with E-state index >= 15 is 0 Å². The second-order valence-electron chi connectivity index (χ2n) is 6.46. The third-order valence-corrected chi connectivity index (χ3v) is 4.80. The average molecular weight is 320 g/mol. The molecule has 1 atom stereocenters. The van der Waals surface area contributed by atoms with Gasteiger partial charge in [0.2, 0.25) is 0 Å². The highest BCUT2D eigenvalue weighted by Crippen LogP contribution is 2.25. The van der Waals surface area contributed by atoms with Gasteiger partial charge in [-0.1, -0.05) is 18.2 Å². The van der Waals surface area contributed by atoms with Crippen molar-refractivity contribution in [2.24, 2.45) is 0 Å². The topological polar surface area (TPSA) is 70.7 Å². The highest BCUT2D eigenvalue weighted by Gasteiger charge is 2.15. The monoisotopic (exact) mass is 320 g/mol. The van der Waals surface area contributed by atoms with Gasteiger partial charge < -0.3 is 5.32 Å². The lowest BCUT2D eigenvalue weighted by Gasteiger charge is -2.20. The van der Waals surface area contributed by atoms with Crippen LogP contribution >= 0.6 is 0 Å². The van der Waals surface area contributed by atoms with Crippen LogP contribution in [0.5, 0.6) is 0 Å². The van der Waals surface area contributed by atoms with E-state index < -0.39 is 0 Å². The second-order valence-corrected chi connectivity index (χ2v) is 6.46. The number of H-pyrrole nitrogens is 1. The largest absolute Gasteiger partial charge is 0.346 e. The maximum absolute atomic E-state index is 12.5. The highest BCUT2D eigenvalue weighted by atomic mass is 16.1. The van der Waals surface area contributed by atoms with E-state index in [4.69, 9.17) is 0 Å². The van der Waals surface area contributed by atoms with Crippen molar-refractivity contribution in [2.75, 3.05) is 0 Å². The van der Waals surface area contributed by atoms with E-state index in [1.54, 1.807) is 18.2 Å². The summed E-state index contributed by atoms with van der Waals surface area (Å²) in [7, 11) is 0. The number of carbonyl (C=O) groups is 1. The van der Waals surface area contributed by atoms with Gasteiger partial charge in [0.1, 0.15) is 11.0 Å². The fraction of sp³-hybridized carbons (Fsp3) is 0.316. The van der Waals surface area contributed by atoms with Crippen molar-refractivity contribution < 1.29 is 4.79 Å². The molecule has 2 aromatic carbocycles. The molecule has 5 heteroatoms. The van der Waals surface area contributed by atoms with E-state index in [1.807, 2.05) is 6.92 Å². The second kappa shape index (κ2) is 6.07. The molecule has 1 aromatic heterocycles. The Morgan fingerprint density at radius 3 is 2.71 bits per heavy atom. The van der Waals surface area contributed by atoms with Gasteiger partial charge in [0.25, 0.3) is 5.91 Å². The summed E-state index contributed by atoms with van der Waals surface area (Å²) in [5.41, 5.74) is 6.11. The average Bonchev–Trinajstić information content (AvgIpc) is 3.08. The number of benzene rings is 2. The van der Waals surface area contributed by atoms with Crippen molar-refractivity contribution in [2.45, 2.75) is 38.6 Å². The Morgan fingerprint density at radius 2 is 1.83 bits per heavy atom. The Morgan fingerprint density at radius 1 is 1.04 bits per heavy atom. The highest BCUT2D eigenvalue weighted by molar-refractivity contribution is 5.97. The van der Waals surface area contributed by atoms with Crippen LogP contribution in [0.25, 0.3) is 11.0 Å². The Balaban J connectivity index is 1.52. The number of aromatic nitrogens is 3. The first-order chi connectivity index (χ1) is 11.7. The quantitative estimate of drug-likeness (QED) is 0.777. The molecule has 0 fully saturated rings. The number of hydrogen-bond acceptors (Lipinski definition) is 3. The number of nitrogens with zero attached hydrogens (tertiary/aromatic N) is 2. The predicted molar refractivity (Wildman–Crippen MR) is 92.9 cm³/mol. The molecule has 0 radical (unpaired) electrons. The van der Waals surface area contributed by atoms with Gasteiger partial charge in [0.05, 0.1) is 6.04 Å². The molecule has 0 saturated heterocycles. The number of aryl methyl sites for hydroxylation is 2. The molecule has 0 spiro atoms. The zero-order valence-electron chi connectivity index (χ0n) is 13.7. The van der Waals surface area contributed by atoms with Crippen LogP contribution in [0.2, 0.25) is 0 Å². The van der Waals surface area contributed by atoms with Crippen LogP contribution in [0.3, 0.4) is 0 Å². The summed E-state index contributed by atoms with van der Waals surface area (Å²) in [4.78, 5) is 12.5. The van der Waals surface area contributed by atoms with Crippen LogP contribution in [0.1, 0.15) is 52.9 Å². The standard InChI is InChI=1S/C19H20N4O/c1-12(14-7-6-13-4-2-3-5-15(13)10-14)20-19(24)16-8-9-17-18(11-16)22-23-21-17/h6-12H,2-5H2,1H3,(H,20,24)(H,21,22,23)/t12-/m0/s1. The molecular weight excluding hydrogens is 300 g/mol. The molecule has 1 heterocycles. The SMILES string of the molecule is C[C@H](NC(=O)c1ccc2n[nH]nc2c1)c1ccc2c(c1)CCCC2. The van der Waals surface area contributed by atoms with Gasteiger partial charge in [-0.25, -0.2) is 0 Å². The molecule has 4 rings (SSSR count). The number of carbonyl (C=O) groups excluding carboxylic acids is 1. The maximum atomic E-state index is 12.5. The fourth-order valence-electron chi connectivity index (χ4n) is 3.37. The number of aromatic amines is 1. The summed E-state index contributed by atoms with van der Waals surface area (Å²) < 4.78 is 0. The van der Waals surface area contributed by atoms with E-state index in [-0.39, 0.29) is 11.9 Å². The van der Waals surface area contributed by atoms with Crippen LogP contribution in [0, 0.1) is 0 Å². The normalized spacial score (nSPS) is 15.0. The summed E-state index contributed by atoms with van der Waals surface area (Å²) in [6.07, 6.45) is 4.86. The molecule has 122 valence electrons. The summed E-state index contributed by atoms with van der Waals surface area (Å²) in [6, 6.07) is 11.9. The summed E-state index contributed by atoms with van der Waals surface area (Å²) >= 11 is 0. The van der Waals surface area contributed by atoms with Gasteiger partial charge in [-0.15, -0.1) is 0 Å². The van der Waals surface area contributed by atoms with Crippen molar-refractivity contribution in [3.63, 3.8) is 0 Å². The Bertz CT molecular complexity index is 899. The van der Waals surface area contributed by atoms with Crippen LogP contribution in [0.15, 0.2) is 36.4 Å². The molecule has 24 heavy (non-hydrogen) atoms. The first-order valence-electron chi connectivity index (χ1n) is 8.44. The summed E-state index contributed by atoms with van der Waals surface area (Å²) in [6.45, 7) is 2.02. The third kappa shape index (κ3) is 2.77. The van der Waals surface area contributed by atoms with Gasteiger partial charge in [-0.2, -0.15) is 15.4 Å². The van der Waals surface area contributed by atoms with Gasteiger partial charge >= 0.3 is 0 Å². The van der Waals surface area contributed by atoms with Gasteiger partial charge in [-0.05, 0) is 67.5 Å². The Labute approximate surface area is 140 Å². The predicted octanol–water partition coefficient (Wildman–Crippen LogP) is 3.33. The van der Waals surface area contributed by atoms with Gasteiger partial charge in [0.15, 0.2) is 0 Å². The van der Waals surface area contributed by atoms with Crippen LogP contribution in [-0.2, 0) is 12.8 Å². The lowest BCUT2D eigenvalue weighted by Crippen LogP contribution is -2.26. The minimum Gasteiger partial charge on any atom is -0.346 e. The molecule has 0 saturated carbocycles. The van der Waals surface area contributed by atoms with Gasteiger partial charge in [0, 0.05) is 5.56 Å². The van der Waals surface area contributed by atoms with Gasteiger partial charge in [-0.3, -0.25) is 4.79 Å². The third-order valence-electron chi connectivity index (χ3n) is 4.80. The molecule has 1 amide bonds. The number of fused-ring (bicyclic) bond motifs is 2. The number of nitrogens with one attached hydrogen (secondary N) is 2. The van der Waals surface area contributed by atoms with Crippen molar-refractivity contribution in [3.05, 3.63) is 58.7 Å². The molecule has 1 aliphatic rings. The summed E-state index contributed by atoms with van der Waals surface area (Å²) in [5, 5.41) is 13.7. The fourth-order valence-corrected chi connectivity index (χ4v) is 3.37. The van der Waals surface area contributed by atoms with Crippen LogP contribution in [-0.4, -0.2) is 21.3 Å². The van der Waals surface area contributed by atoms with E-state index in [9.17, 15) is 4.79 Å². The smallest absolute Gasteiger partial charge is 0.251 e. The van der Waals surface area contributed by atoms with Crippen molar-refractivity contribution in [1.82, 2.24) is 20.7 Å². The van der Waals surface area contributed by atoms with E-state index in [2.05, 4.69) is 38.9 Å². The zero-order chi connectivity index (χ0) is 16.5. The summed E-state index contributed by atoms with van der Waals surface area (Å²) in [5.74, 6) is -0.0925. The van der Waals surface area contributed by atoms with Crippen LogP contribution < -0.4 is 5.32 Å². The lowest BCUT2D eigenvalue weighted by atomic mass is 9.89. The van der Waals surface area contributed by atoms with E-state index in [0.29, 0.717) is 11.1 Å². The van der Waals surface area contributed by atoms with E-state index in [0.717, 1.165) is 17.5 Å². The number of rotatable bonds is 3. The number of hydrogen-bond donors (Lipinski definition) is 2. The first kappa shape index (κ1) is 14.9. The van der Waals surface area contributed by atoms with Crippen molar-refractivity contribution in [1.29, 1.82) is 0 Å².